The number of alkyl halides is 3. The predicted molar refractivity (Wildman–Crippen MR) is 117 cm³/mol. The molecule has 1 aromatic heterocycles. The van der Waals surface area contributed by atoms with E-state index in [-0.39, 0.29) is 5.91 Å². The summed E-state index contributed by atoms with van der Waals surface area (Å²) in [6, 6.07) is 11.0. The fraction of sp³-hybridized carbons (Fsp3) is 0.318. The second kappa shape index (κ2) is 9.91. The molecule has 9 heteroatoms. The molecule has 0 aliphatic carbocycles. The zero-order valence-electron chi connectivity index (χ0n) is 17.2. The minimum absolute atomic E-state index is 0.00943. The lowest BCUT2D eigenvalue weighted by Crippen LogP contribution is -2.05. The number of hydrogen-bond acceptors (Lipinski definition) is 5. The normalized spacial score (nSPS) is 12.6. The molecule has 1 aliphatic rings. The van der Waals surface area contributed by atoms with E-state index in [0.29, 0.717) is 24.5 Å². The van der Waals surface area contributed by atoms with Crippen LogP contribution in [-0.2, 0) is 23.8 Å². The van der Waals surface area contributed by atoms with Crippen LogP contribution in [0.2, 0.25) is 0 Å². The van der Waals surface area contributed by atoms with E-state index >= 15 is 0 Å². The van der Waals surface area contributed by atoms with Crippen LogP contribution in [0.15, 0.2) is 42.5 Å². The molecule has 5 nitrogen and oxygen atoms in total. The molecule has 0 atom stereocenters. The van der Waals surface area contributed by atoms with Gasteiger partial charge < -0.3 is 10.6 Å². The third-order valence-electron chi connectivity index (χ3n) is 4.60. The van der Waals surface area contributed by atoms with Gasteiger partial charge in [0.1, 0.15) is 5.01 Å². The second-order valence-corrected chi connectivity index (χ2v) is 7.71. The lowest BCUT2D eigenvalue weighted by atomic mass is 10.1. The van der Waals surface area contributed by atoms with Gasteiger partial charge in [-0.15, -0.1) is 10.2 Å². The second-order valence-electron chi connectivity index (χ2n) is 6.73. The molecule has 164 valence electrons. The molecule has 4 rings (SSSR count). The average Bonchev–Trinajstić information content (AvgIpc) is 3.37. The number of halogens is 3. The van der Waals surface area contributed by atoms with Gasteiger partial charge in [-0.2, -0.15) is 13.2 Å². The molecular weight excluding hydrogens is 425 g/mol. The van der Waals surface area contributed by atoms with E-state index in [1.54, 1.807) is 0 Å². The van der Waals surface area contributed by atoms with Crippen molar-refractivity contribution < 1.29 is 18.0 Å². The molecule has 1 amide bonds. The topological polar surface area (TPSA) is 66.9 Å². The van der Waals surface area contributed by atoms with Gasteiger partial charge in [0.15, 0.2) is 0 Å². The highest BCUT2D eigenvalue weighted by molar-refractivity contribution is 7.18. The quantitative estimate of drug-likeness (QED) is 0.469. The molecule has 0 radical (unpaired) electrons. The standard InChI is InChI=1S/C20H17F3N4OS.C2H6/c21-20(22,23)15-6-3-12(4-7-15)2-1-9-24-19-27-26-18(29-19)13-5-8-16-14(10-13)11-17(28)25-16;1-2/h3-8,10H,1-2,9,11H2,(H,24,27)(H,25,28);1-2H3. The van der Waals surface area contributed by atoms with Crippen LogP contribution in [0.25, 0.3) is 10.6 Å². The van der Waals surface area contributed by atoms with Crippen molar-refractivity contribution in [1.82, 2.24) is 10.2 Å². The molecule has 0 spiro atoms. The molecule has 0 saturated heterocycles. The first kappa shape index (κ1) is 22.7. The Bertz CT molecular complexity index is 1030. The zero-order chi connectivity index (χ0) is 22.4. The fourth-order valence-electron chi connectivity index (χ4n) is 3.12. The van der Waals surface area contributed by atoms with Gasteiger partial charge in [-0.1, -0.05) is 37.3 Å². The Hall–Kier alpha value is -2.94. The number of nitrogens with one attached hydrogen (secondary N) is 2. The van der Waals surface area contributed by atoms with Crippen LogP contribution in [0, 0.1) is 0 Å². The number of amides is 1. The number of rotatable bonds is 6. The minimum atomic E-state index is -4.31. The molecule has 2 aromatic carbocycles. The van der Waals surface area contributed by atoms with E-state index in [2.05, 4.69) is 20.8 Å². The van der Waals surface area contributed by atoms with Gasteiger partial charge in [0, 0.05) is 17.8 Å². The third kappa shape index (κ3) is 5.81. The first-order chi connectivity index (χ1) is 14.9. The smallest absolute Gasteiger partial charge is 0.360 e. The molecule has 31 heavy (non-hydrogen) atoms. The molecule has 1 aliphatic heterocycles. The Labute approximate surface area is 182 Å². The van der Waals surface area contributed by atoms with Crippen LogP contribution < -0.4 is 10.6 Å². The number of benzene rings is 2. The van der Waals surface area contributed by atoms with E-state index < -0.39 is 11.7 Å². The lowest BCUT2D eigenvalue weighted by molar-refractivity contribution is -0.137. The van der Waals surface area contributed by atoms with Gasteiger partial charge in [-0.3, -0.25) is 4.79 Å². The lowest BCUT2D eigenvalue weighted by Gasteiger charge is -2.07. The van der Waals surface area contributed by atoms with Crippen molar-refractivity contribution in [1.29, 1.82) is 0 Å². The predicted octanol–water partition coefficient (Wildman–Crippen LogP) is 5.79. The largest absolute Gasteiger partial charge is 0.416 e. The van der Waals surface area contributed by atoms with E-state index in [4.69, 9.17) is 0 Å². The number of hydrogen-bond donors (Lipinski definition) is 2. The van der Waals surface area contributed by atoms with Gasteiger partial charge in [-0.05, 0) is 54.3 Å². The van der Waals surface area contributed by atoms with E-state index in [1.807, 2.05) is 32.0 Å². The van der Waals surface area contributed by atoms with Crippen LogP contribution >= 0.6 is 11.3 Å². The van der Waals surface area contributed by atoms with Crippen LogP contribution in [0.5, 0.6) is 0 Å². The van der Waals surface area contributed by atoms with Gasteiger partial charge >= 0.3 is 6.18 Å². The third-order valence-corrected chi connectivity index (χ3v) is 5.53. The summed E-state index contributed by atoms with van der Waals surface area (Å²) in [7, 11) is 0. The number of nitrogens with zero attached hydrogens (tertiary/aromatic N) is 2. The van der Waals surface area contributed by atoms with E-state index in [9.17, 15) is 18.0 Å². The number of anilines is 2. The van der Waals surface area contributed by atoms with E-state index in [1.165, 1.54) is 23.5 Å². The zero-order valence-corrected chi connectivity index (χ0v) is 18.0. The number of fused-ring (bicyclic) bond motifs is 1. The number of carbonyl (C=O) groups is 1. The Morgan fingerprint density at radius 1 is 1.10 bits per heavy atom. The van der Waals surface area contributed by atoms with Crippen molar-refractivity contribution in [3.63, 3.8) is 0 Å². The van der Waals surface area contributed by atoms with Crippen LogP contribution in [-0.4, -0.2) is 22.6 Å². The van der Waals surface area contributed by atoms with Crippen molar-refractivity contribution in [3.05, 3.63) is 59.2 Å². The minimum Gasteiger partial charge on any atom is -0.360 e. The van der Waals surface area contributed by atoms with Crippen molar-refractivity contribution in [2.24, 2.45) is 0 Å². The molecule has 2 heterocycles. The SMILES string of the molecule is CC.O=C1Cc2cc(-c3nnc(NCCCc4ccc(C(F)(F)F)cc4)s3)ccc2N1. The summed E-state index contributed by atoms with van der Waals surface area (Å²) < 4.78 is 37.7. The molecule has 0 unspecified atom stereocenters. The monoisotopic (exact) mass is 448 g/mol. The maximum Gasteiger partial charge on any atom is 0.416 e. The Kier molecular flexibility index (Phi) is 7.27. The van der Waals surface area contributed by atoms with Crippen molar-refractivity contribution in [3.8, 4) is 10.6 Å². The number of aryl methyl sites for hydroxylation is 1. The van der Waals surface area contributed by atoms with Crippen LogP contribution in [0.3, 0.4) is 0 Å². The first-order valence-electron chi connectivity index (χ1n) is 10.1. The Balaban J connectivity index is 0.00000132. The van der Waals surface area contributed by atoms with Crippen LogP contribution in [0.4, 0.5) is 24.0 Å². The fourth-order valence-corrected chi connectivity index (χ4v) is 3.89. The highest BCUT2D eigenvalue weighted by Gasteiger charge is 2.29. The summed E-state index contributed by atoms with van der Waals surface area (Å²) in [5.41, 5.74) is 2.93. The van der Waals surface area contributed by atoms with Gasteiger partial charge in [0.25, 0.3) is 0 Å². The summed E-state index contributed by atoms with van der Waals surface area (Å²) in [6.45, 7) is 4.64. The van der Waals surface area contributed by atoms with Crippen molar-refractivity contribution >= 4 is 28.1 Å². The Morgan fingerprint density at radius 3 is 2.55 bits per heavy atom. The summed E-state index contributed by atoms with van der Waals surface area (Å²) in [4.78, 5) is 11.5. The highest BCUT2D eigenvalue weighted by atomic mass is 32.1. The molecule has 0 saturated carbocycles. The summed E-state index contributed by atoms with van der Waals surface area (Å²) in [6.07, 6.45) is -2.51. The van der Waals surface area contributed by atoms with Crippen molar-refractivity contribution in [2.75, 3.05) is 17.2 Å². The molecule has 2 N–H and O–H groups in total. The molecule has 0 fully saturated rings. The van der Waals surface area contributed by atoms with Gasteiger partial charge in [0.05, 0.1) is 12.0 Å². The summed E-state index contributed by atoms with van der Waals surface area (Å²) >= 11 is 1.42. The average molecular weight is 449 g/mol. The van der Waals surface area contributed by atoms with Gasteiger partial charge in [-0.25, -0.2) is 0 Å². The number of carbonyl (C=O) groups excluding carboxylic acids is 1. The van der Waals surface area contributed by atoms with E-state index in [0.717, 1.165) is 45.9 Å². The molecule has 3 aromatic rings. The first-order valence-corrected chi connectivity index (χ1v) is 10.9. The maximum absolute atomic E-state index is 12.6. The van der Waals surface area contributed by atoms with Crippen LogP contribution in [0.1, 0.15) is 37.0 Å². The van der Waals surface area contributed by atoms with Crippen molar-refractivity contribution in [2.45, 2.75) is 39.3 Å². The molecular formula is C22H23F3N4OS. The molecule has 0 bridgehead atoms. The number of aromatic nitrogens is 2. The Morgan fingerprint density at radius 2 is 1.84 bits per heavy atom. The summed E-state index contributed by atoms with van der Waals surface area (Å²) in [5, 5.41) is 15.8. The highest BCUT2D eigenvalue weighted by Crippen LogP contribution is 2.32. The van der Waals surface area contributed by atoms with Gasteiger partial charge in [0.2, 0.25) is 11.0 Å². The maximum atomic E-state index is 12.6. The summed E-state index contributed by atoms with van der Waals surface area (Å²) in [5.74, 6) is -0.00943.